The molecule has 9 heteroatoms. The van der Waals surface area contributed by atoms with Gasteiger partial charge in [0, 0.05) is 19.5 Å². The Balaban J connectivity index is 1.80. The van der Waals surface area contributed by atoms with Crippen LogP contribution in [0.25, 0.3) is 0 Å². The van der Waals surface area contributed by atoms with Gasteiger partial charge in [-0.25, -0.2) is 12.8 Å². The highest BCUT2D eigenvalue weighted by Gasteiger charge is 2.35. The number of carbonyl (C=O) groups is 2. The number of hydrogen-bond acceptors (Lipinski definition) is 4. The summed E-state index contributed by atoms with van der Waals surface area (Å²) in [6.45, 7) is 5.42. The first kappa shape index (κ1) is 32.4. The summed E-state index contributed by atoms with van der Waals surface area (Å²) in [7, 11) is -4.18. The number of carbonyl (C=O) groups excluding carboxylic acids is 2. The van der Waals surface area contributed by atoms with Gasteiger partial charge in [0.1, 0.15) is 18.4 Å². The lowest BCUT2D eigenvalue weighted by atomic mass is 10.0. The van der Waals surface area contributed by atoms with Crippen LogP contribution in [0.1, 0.15) is 35.6 Å². The molecule has 1 atom stereocenters. The van der Waals surface area contributed by atoms with Crippen molar-refractivity contribution < 1.29 is 22.4 Å². The van der Waals surface area contributed by atoms with Gasteiger partial charge in [-0.3, -0.25) is 13.9 Å². The Hall–Kier alpha value is -4.50. The summed E-state index contributed by atoms with van der Waals surface area (Å²) < 4.78 is 43.1. The Kier molecular flexibility index (Phi) is 10.9. The Morgan fingerprint density at radius 3 is 2.09 bits per heavy atom. The standard InChI is InChI=1S/C35H38FN3O4S/c1-4-22-37-35(41)33(23-28-11-6-5-7-12-28)38(24-29-16-18-30(36)19-17-29)34(40)25-39(32-13-9-8-10-27(32)3)44(42,43)31-20-14-26(2)15-21-31/h5-21,33H,4,22-25H2,1-3H3,(H,37,41). The smallest absolute Gasteiger partial charge is 0.264 e. The molecular formula is C35H38FN3O4S. The molecule has 0 aromatic heterocycles. The Morgan fingerprint density at radius 2 is 1.45 bits per heavy atom. The van der Waals surface area contributed by atoms with Crippen LogP contribution in [0.3, 0.4) is 0 Å². The van der Waals surface area contributed by atoms with Crippen molar-refractivity contribution in [2.45, 2.75) is 51.1 Å². The zero-order valence-corrected chi connectivity index (χ0v) is 26.1. The van der Waals surface area contributed by atoms with Crippen LogP contribution in [0, 0.1) is 19.7 Å². The van der Waals surface area contributed by atoms with Gasteiger partial charge >= 0.3 is 0 Å². The summed E-state index contributed by atoms with van der Waals surface area (Å²) in [5.74, 6) is -1.35. The molecule has 44 heavy (non-hydrogen) atoms. The summed E-state index contributed by atoms with van der Waals surface area (Å²) in [5.41, 5.74) is 3.37. The van der Waals surface area contributed by atoms with Crippen LogP contribution >= 0.6 is 0 Å². The topological polar surface area (TPSA) is 86.8 Å². The molecule has 0 spiro atoms. The van der Waals surface area contributed by atoms with E-state index in [2.05, 4.69) is 5.32 Å². The fourth-order valence-corrected chi connectivity index (χ4v) is 6.38. The van der Waals surface area contributed by atoms with E-state index in [1.54, 1.807) is 55.5 Å². The molecule has 1 unspecified atom stereocenters. The van der Waals surface area contributed by atoms with Gasteiger partial charge in [0.2, 0.25) is 11.8 Å². The van der Waals surface area contributed by atoms with Crippen molar-refractivity contribution in [3.8, 4) is 0 Å². The fourth-order valence-electron chi connectivity index (χ4n) is 4.90. The average Bonchev–Trinajstić information content (AvgIpc) is 3.02. The minimum Gasteiger partial charge on any atom is -0.354 e. The Morgan fingerprint density at radius 1 is 0.818 bits per heavy atom. The third-order valence-electron chi connectivity index (χ3n) is 7.36. The second-order valence-electron chi connectivity index (χ2n) is 10.8. The van der Waals surface area contributed by atoms with Crippen LogP contribution in [0.15, 0.2) is 108 Å². The van der Waals surface area contributed by atoms with E-state index >= 15 is 0 Å². The van der Waals surface area contributed by atoms with E-state index in [1.807, 2.05) is 44.2 Å². The summed E-state index contributed by atoms with van der Waals surface area (Å²) in [6, 6.07) is 27.5. The third kappa shape index (κ3) is 8.11. The maximum absolute atomic E-state index is 14.4. The molecule has 0 heterocycles. The zero-order chi connectivity index (χ0) is 31.7. The molecule has 0 bridgehead atoms. The highest BCUT2D eigenvalue weighted by Crippen LogP contribution is 2.28. The van der Waals surface area contributed by atoms with Crippen molar-refractivity contribution in [1.29, 1.82) is 0 Å². The number of sulfonamides is 1. The molecule has 0 saturated heterocycles. The van der Waals surface area contributed by atoms with Crippen molar-refractivity contribution in [2.24, 2.45) is 0 Å². The highest BCUT2D eigenvalue weighted by atomic mass is 32.2. The van der Waals surface area contributed by atoms with E-state index in [0.29, 0.717) is 29.8 Å². The maximum Gasteiger partial charge on any atom is 0.264 e. The first-order chi connectivity index (χ1) is 21.1. The predicted molar refractivity (Wildman–Crippen MR) is 171 cm³/mol. The molecule has 230 valence electrons. The molecule has 4 aromatic carbocycles. The number of halogens is 1. The first-order valence-electron chi connectivity index (χ1n) is 14.6. The van der Waals surface area contributed by atoms with Crippen LogP contribution in [0.5, 0.6) is 0 Å². The number of hydrogen-bond donors (Lipinski definition) is 1. The lowest BCUT2D eigenvalue weighted by Crippen LogP contribution is -2.53. The number of aryl methyl sites for hydroxylation is 2. The lowest BCUT2D eigenvalue weighted by Gasteiger charge is -2.34. The van der Waals surface area contributed by atoms with Gasteiger partial charge in [-0.1, -0.05) is 85.3 Å². The van der Waals surface area contributed by atoms with Gasteiger partial charge in [0.15, 0.2) is 0 Å². The van der Waals surface area contributed by atoms with Gasteiger partial charge in [-0.2, -0.15) is 0 Å². The highest BCUT2D eigenvalue weighted by molar-refractivity contribution is 7.92. The monoisotopic (exact) mass is 615 g/mol. The molecule has 4 aromatic rings. The van der Waals surface area contributed by atoms with Crippen LogP contribution in [-0.2, 0) is 32.6 Å². The van der Waals surface area contributed by atoms with Crippen molar-refractivity contribution in [1.82, 2.24) is 10.2 Å². The summed E-state index contributed by atoms with van der Waals surface area (Å²) >= 11 is 0. The van der Waals surface area contributed by atoms with E-state index in [0.717, 1.165) is 15.4 Å². The maximum atomic E-state index is 14.4. The average molecular weight is 616 g/mol. The van der Waals surface area contributed by atoms with Crippen molar-refractivity contribution >= 4 is 27.5 Å². The SMILES string of the molecule is CCCNC(=O)C(Cc1ccccc1)N(Cc1ccc(F)cc1)C(=O)CN(c1ccccc1C)S(=O)(=O)c1ccc(C)cc1. The number of benzene rings is 4. The molecule has 2 amide bonds. The van der Waals surface area contributed by atoms with Crippen LogP contribution in [0.4, 0.5) is 10.1 Å². The number of para-hydroxylation sites is 1. The largest absolute Gasteiger partial charge is 0.354 e. The normalized spacial score (nSPS) is 11.9. The molecule has 0 saturated carbocycles. The van der Waals surface area contributed by atoms with E-state index in [1.165, 1.54) is 29.2 Å². The number of anilines is 1. The van der Waals surface area contributed by atoms with Crippen molar-refractivity contribution in [3.63, 3.8) is 0 Å². The van der Waals surface area contributed by atoms with Gasteiger partial charge in [0.05, 0.1) is 10.6 Å². The second-order valence-corrected chi connectivity index (χ2v) is 12.6. The first-order valence-corrected chi connectivity index (χ1v) is 16.0. The number of nitrogens with one attached hydrogen (secondary N) is 1. The van der Waals surface area contributed by atoms with Gasteiger partial charge in [-0.15, -0.1) is 0 Å². The molecule has 1 N–H and O–H groups in total. The number of amides is 2. The van der Waals surface area contributed by atoms with Gasteiger partial charge in [-0.05, 0) is 67.3 Å². The minimum absolute atomic E-state index is 0.0254. The van der Waals surface area contributed by atoms with E-state index in [-0.39, 0.29) is 23.8 Å². The molecule has 4 rings (SSSR count). The van der Waals surface area contributed by atoms with Crippen molar-refractivity contribution in [2.75, 3.05) is 17.4 Å². The van der Waals surface area contributed by atoms with Gasteiger partial charge < -0.3 is 10.2 Å². The van der Waals surface area contributed by atoms with Crippen LogP contribution < -0.4 is 9.62 Å². The minimum atomic E-state index is -4.18. The lowest BCUT2D eigenvalue weighted by molar-refractivity contribution is -0.140. The van der Waals surface area contributed by atoms with E-state index in [4.69, 9.17) is 0 Å². The number of nitrogens with zero attached hydrogens (tertiary/aromatic N) is 2. The Labute approximate surface area is 259 Å². The molecule has 0 radical (unpaired) electrons. The zero-order valence-electron chi connectivity index (χ0n) is 25.2. The van der Waals surface area contributed by atoms with E-state index < -0.39 is 34.3 Å². The molecule has 7 nitrogen and oxygen atoms in total. The van der Waals surface area contributed by atoms with E-state index in [9.17, 15) is 22.4 Å². The summed E-state index contributed by atoms with van der Waals surface area (Å²) in [5, 5.41) is 2.91. The summed E-state index contributed by atoms with van der Waals surface area (Å²) in [6.07, 6.45) is 0.907. The fraction of sp³-hybridized carbons (Fsp3) is 0.257. The Bertz CT molecular complexity index is 1660. The quantitative estimate of drug-likeness (QED) is 0.206. The van der Waals surface area contributed by atoms with Gasteiger partial charge in [0.25, 0.3) is 10.0 Å². The second kappa shape index (κ2) is 14.8. The molecule has 0 aliphatic heterocycles. The summed E-state index contributed by atoms with van der Waals surface area (Å²) in [4.78, 5) is 29.5. The molecule has 0 fully saturated rings. The van der Waals surface area contributed by atoms with Crippen molar-refractivity contribution in [3.05, 3.63) is 131 Å². The molecule has 0 aliphatic rings. The van der Waals surface area contributed by atoms with Crippen LogP contribution in [0.2, 0.25) is 0 Å². The third-order valence-corrected chi connectivity index (χ3v) is 9.13. The van der Waals surface area contributed by atoms with Crippen LogP contribution in [-0.4, -0.2) is 44.3 Å². The number of rotatable bonds is 13. The molecule has 0 aliphatic carbocycles. The molecular weight excluding hydrogens is 577 g/mol. The predicted octanol–water partition coefficient (Wildman–Crippen LogP) is 5.80.